The van der Waals surface area contributed by atoms with Crippen LogP contribution >= 0.6 is 0 Å². The predicted molar refractivity (Wildman–Crippen MR) is 471 cm³/mol. The van der Waals surface area contributed by atoms with Gasteiger partial charge in [0.1, 0.15) is 0 Å². The summed E-state index contributed by atoms with van der Waals surface area (Å²) in [4.78, 5) is 29.5. The van der Waals surface area contributed by atoms with Gasteiger partial charge in [0.2, 0.25) is 0 Å². The SMILES string of the molecule is c1ccc(-c2ccc(-c3ccccc3-c3cc(-c4ccccc4-c4ccc(-c5ccccc5)nc4)cc(-c4ccccc4-c4ccc(-c5ccc(-c6ccc(-c7ccccc7-c7cc(-c8ccccc8-c8ccc(-c9ccccn9)cc8)cc(-c8ccccc8-c8ccc(-c9ccccn9)cc8)c7)cc6)nc5)nc4)c3)cn2)cc1. The van der Waals surface area contributed by atoms with Gasteiger partial charge in [0.05, 0.1) is 34.2 Å². The first kappa shape index (κ1) is 69.2. The molecule has 0 aliphatic heterocycles. The topological polar surface area (TPSA) is 77.3 Å². The highest BCUT2D eigenvalue weighted by molar-refractivity contribution is 5.97. The summed E-state index contributed by atoms with van der Waals surface area (Å²) in [5.41, 5.74) is 38.2. The minimum atomic E-state index is 0.835. The molecule has 0 unspecified atom stereocenters. The third-order valence-electron chi connectivity index (χ3n) is 21.5. The molecule has 0 aliphatic rings. The third-order valence-corrected chi connectivity index (χ3v) is 21.5. The van der Waals surface area contributed by atoms with Crippen LogP contribution in [0.3, 0.4) is 0 Å². The van der Waals surface area contributed by atoms with Crippen molar-refractivity contribution in [2.24, 2.45) is 0 Å². The van der Waals surface area contributed by atoms with Crippen LogP contribution in [0.5, 0.6) is 0 Å². The average Bonchev–Trinajstić information content (AvgIpc) is 0.769. The highest BCUT2D eigenvalue weighted by atomic mass is 14.7. The number of pyridine rings is 6. The second kappa shape index (κ2) is 31.4. The van der Waals surface area contributed by atoms with Gasteiger partial charge in [-0.2, -0.15) is 0 Å². The standard InChI is InChI=1S/C108H72N6/c1-3-23-76(24-4-1)105-57-53-81(69-111-105)94-30-10-16-36-100(94)88-66-89(101-37-17-11-31-95(101)82-54-58-106(112-70-82)77-25-5-2-6-26-77)68-90(67-88)102-38-18-12-32-96(102)83-55-59-108(113-71-83)84-56-60-107(114-72-84)80-51-45-75(46-52-80)93-29-9-15-35-99(93)87-64-85(97-33-13-7-27-91(97)73-41-47-78(48-42-73)103-39-19-21-61-109-103)63-86(65-87)98-34-14-8-28-92(98)74-43-49-79(50-44-74)104-40-20-22-62-110-104/h1-72H. The Bertz CT molecular complexity index is 5920. The molecule has 0 radical (unpaired) electrons. The number of aromatic nitrogens is 6. The lowest BCUT2D eigenvalue weighted by Crippen LogP contribution is -1.93. The smallest absolute Gasteiger partial charge is 0.0717 e. The van der Waals surface area contributed by atoms with E-state index in [0.717, 1.165) is 201 Å². The van der Waals surface area contributed by atoms with Crippen LogP contribution in [-0.4, -0.2) is 29.9 Å². The van der Waals surface area contributed by atoms with Gasteiger partial charge in [-0.25, -0.2) is 0 Å². The largest absolute Gasteiger partial charge is 0.256 e. The molecule has 534 valence electrons. The fourth-order valence-electron chi connectivity index (χ4n) is 15.7. The zero-order valence-corrected chi connectivity index (χ0v) is 62.3. The molecule has 0 fully saturated rings. The van der Waals surface area contributed by atoms with E-state index in [0.29, 0.717) is 0 Å². The molecule has 13 aromatic carbocycles. The number of rotatable bonds is 18. The number of hydrogen-bond acceptors (Lipinski definition) is 6. The van der Waals surface area contributed by atoms with Crippen LogP contribution < -0.4 is 0 Å². The highest BCUT2D eigenvalue weighted by Gasteiger charge is 2.21. The van der Waals surface area contributed by atoms with Crippen LogP contribution in [0.25, 0.3) is 201 Å². The summed E-state index contributed by atoms with van der Waals surface area (Å²) in [5, 5.41) is 0. The van der Waals surface area contributed by atoms with E-state index < -0.39 is 0 Å². The van der Waals surface area contributed by atoms with Crippen molar-refractivity contribution < 1.29 is 0 Å². The maximum atomic E-state index is 5.16. The molecule has 0 atom stereocenters. The summed E-state index contributed by atoms with van der Waals surface area (Å²) in [6, 6.07) is 143. The van der Waals surface area contributed by atoms with Crippen molar-refractivity contribution in [3.63, 3.8) is 0 Å². The molecule has 0 saturated heterocycles. The van der Waals surface area contributed by atoms with E-state index in [-0.39, 0.29) is 0 Å². The van der Waals surface area contributed by atoms with E-state index in [9.17, 15) is 0 Å². The monoisotopic (exact) mass is 1450 g/mol. The quantitative estimate of drug-likeness (QED) is 0.0852. The molecule has 0 saturated carbocycles. The molecular formula is C108H72N6. The summed E-state index contributed by atoms with van der Waals surface area (Å²) in [5.74, 6) is 0. The fraction of sp³-hybridized carbons (Fsp3) is 0. The maximum absolute atomic E-state index is 5.16. The van der Waals surface area contributed by atoms with Gasteiger partial charge in [0.25, 0.3) is 0 Å². The zero-order valence-electron chi connectivity index (χ0n) is 62.3. The summed E-state index contributed by atoms with van der Waals surface area (Å²) in [6.45, 7) is 0. The Balaban J connectivity index is 0.627. The number of benzene rings is 13. The molecule has 0 bridgehead atoms. The molecule has 19 rings (SSSR count). The third kappa shape index (κ3) is 14.3. The van der Waals surface area contributed by atoms with Crippen LogP contribution in [0.2, 0.25) is 0 Å². The van der Waals surface area contributed by atoms with Crippen molar-refractivity contribution in [2.75, 3.05) is 0 Å². The van der Waals surface area contributed by atoms with Gasteiger partial charge in [-0.05, 0) is 208 Å². The Morgan fingerprint density at radius 2 is 0.281 bits per heavy atom. The van der Waals surface area contributed by atoms with Gasteiger partial charge >= 0.3 is 0 Å². The van der Waals surface area contributed by atoms with Gasteiger partial charge in [0, 0.05) is 87.3 Å². The molecular weight excluding hydrogens is 1380 g/mol. The highest BCUT2D eigenvalue weighted by Crippen LogP contribution is 2.46. The molecule has 0 spiro atoms. The molecule has 19 aromatic rings. The normalized spacial score (nSPS) is 11.2. The van der Waals surface area contributed by atoms with E-state index >= 15 is 0 Å². The van der Waals surface area contributed by atoms with Crippen LogP contribution in [0.1, 0.15) is 0 Å². The summed E-state index contributed by atoms with van der Waals surface area (Å²) in [6.07, 6.45) is 11.6. The van der Waals surface area contributed by atoms with Crippen molar-refractivity contribution in [2.45, 2.75) is 0 Å². The minimum absolute atomic E-state index is 0.835. The first-order valence-corrected chi connectivity index (χ1v) is 38.5. The summed E-state index contributed by atoms with van der Waals surface area (Å²) in [7, 11) is 0. The number of hydrogen-bond donors (Lipinski definition) is 0. The summed E-state index contributed by atoms with van der Waals surface area (Å²) < 4.78 is 0. The van der Waals surface area contributed by atoms with Crippen molar-refractivity contribution in [1.82, 2.24) is 29.9 Å². The van der Waals surface area contributed by atoms with Gasteiger partial charge in [-0.3, -0.25) is 29.9 Å². The predicted octanol–water partition coefficient (Wildman–Crippen LogP) is 28.1. The second-order valence-electron chi connectivity index (χ2n) is 28.5. The van der Waals surface area contributed by atoms with E-state index in [1.54, 1.807) is 0 Å². The van der Waals surface area contributed by atoms with Gasteiger partial charge in [0.15, 0.2) is 0 Å². The molecule has 0 amide bonds. The van der Waals surface area contributed by atoms with Gasteiger partial charge < -0.3 is 0 Å². The van der Waals surface area contributed by atoms with Crippen molar-refractivity contribution in [1.29, 1.82) is 0 Å². The van der Waals surface area contributed by atoms with E-state index in [1.807, 2.05) is 73.6 Å². The first-order chi connectivity index (χ1) is 56.5. The van der Waals surface area contributed by atoms with Gasteiger partial charge in [-0.15, -0.1) is 0 Å². The van der Waals surface area contributed by atoms with Gasteiger partial charge in [-0.1, -0.05) is 309 Å². The average molecular weight is 1450 g/mol. The lowest BCUT2D eigenvalue weighted by atomic mass is 9.86. The number of nitrogens with zero attached hydrogens (tertiary/aromatic N) is 6. The Kier molecular flexibility index (Phi) is 19.1. The summed E-state index contributed by atoms with van der Waals surface area (Å²) >= 11 is 0. The van der Waals surface area contributed by atoms with Crippen LogP contribution in [0.15, 0.2) is 438 Å². The molecule has 6 heteroatoms. The molecule has 6 aromatic heterocycles. The van der Waals surface area contributed by atoms with Crippen molar-refractivity contribution in [3.05, 3.63) is 438 Å². The van der Waals surface area contributed by atoms with Crippen LogP contribution in [-0.2, 0) is 0 Å². The minimum Gasteiger partial charge on any atom is -0.256 e. The Morgan fingerprint density at radius 3 is 0.509 bits per heavy atom. The van der Waals surface area contributed by atoms with E-state index in [2.05, 4.69) is 374 Å². The van der Waals surface area contributed by atoms with Crippen molar-refractivity contribution in [3.8, 4) is 201 Å². The van der Waals surface area contributed by atoms with Crippen LogP contribution in [0, 0.1) is 0 Å². The zero-order chi connectivity index (χ0) is 75.9. The lowest BCUT2D eigenvalue weighted by Gasteiger charge is -2.18. The molecule has 0 aliphatic carbocycles. The second-order valence-corrected chi connectivity index (χ2v) is 28.5. The lowest BCUT2D eigenvalue weighted by molar-refractivity contribution is 1.28. The molecule has 6 heterocycles. The molecule has 114 heavy (non-hydrogen) atoms. The van der Waals surface area contributed by atoms with Crippen LogP contribution in [0.4, 0.5) is 0 Å². The van der Waals surface area contributed by atoms with E-state index in [1.165, 1.54) is 0 Å². The Hall–Kier alpha value is -15.2. The fourth-order valence-corrected chi connectivity index (χ4v) is 15.7. The van der Waals surface area contributed by atoms with Crippen molar-refractivity contribution >= 4 is 0 Å². The molecule has 0 N–H and O–H groups in total. The maximum Gasteiger partial charge on any atom is 0.0717 e. The first-order valence-electron chi connectivity index (χ1n) is 38.5. The Labute approximate surface area is 664 Å². The Morgan fingerprint density at radius 1 is 0.105 bits per heavy atom. The molecule has 6 nitrogen and oxygen atoms in total. The van der Waals surface area contributed by atoms with E-state index in [4.69, 9.17) is 19.9 Å².